The molecule has 0 amide bonds. The van der Waals surface area contributed by atoms with E-state index in [2.05, 4.69) is 15.0 Å². The maximum absolute atomic E-state index is 5.94. The summed E-state index contributed by atoms with van der Waals surface area (Å²) in [6.45, 7) is 2.56. The van der Waals surface area contributed by atoms with E-state index in [1.54, 1.807) is 0 Å². The number of halogens is 1. The highest BCUT2D eigenvalue weighted by Gasteiger charge is 2.18. The molecule has 1 aliphatic rings. The van der Waals surface area contributed by atoms with Crippen molar-refractivity contribution in [2.75, 3.05) is 50.7 Å². The van der Waals surface area contributed by atoms with Crippen molar-refractivity contribution >= 4 is 23.5 Å². The highest BCUT2D eigenvalue weighted by molar-refractivity contribution is 6.28. The Morgan fingerprint density at radius 2 is 1.95 bits per heavy atom. The molecule has 0 spiro atoms. The topological polar surface area (TPSA) is 54.4 Å². The minimum Gasteiger partial charge on any atom is -0.381 e. The lowest BCUT2D eigenvalue weighted by Gasteiger charge is -2.27. The molecule has 2 rings (SSSR count). The van der Waals surface area contributed by atoms with Crippen LogP contribution in [0.4, 0.5) is 11.9 Å². The van der Waals surface area contributed by atoms with Crippen LogP contribution in [0.2, 0.25) is 5.28 Å². The van der Waals surface area contributed by atoms with E-state index in [9.17, 15) is 0 Å². The fourth-order valence-electron chi connectivity index (χ4n) is 2.12. The maximum Gasteiger partial charge on any atom is 0.231 e. The SMILES string of the molecule is CN(C)c1nc(Cl)nc(N(C)CC2CCCOC2)n1. The van der Waals surface area contributed by atoms with Gasteiger partial charge in [-0.3, -0.25) is 0 Å². The second kappa shape index (κ2) is 6.34. The minimum absolute atomic E-state index is 0.223. The van der Waals surface area contributed by atoms with Gasteiger partial charge in [0.2, 0.25) is 17.2 Å². The number of ether oxygens (including phenoxy) is 1. The molecule has 6 nitrogen and oxygen atoms in total. The Morgan fingerprint density at radius 1 is 1.21 bits per heavy atom. The van der Waals surface area contributed by atoms with E-state index < -0.39 is 0 Å². The quantitative estimate of drug-likeness (QED) is 0.835. The average molecular weight is 286 g/mol. The number of rotatable bonds is 4. The van der Waals surface area contributed by atoms with E-state index in [1.807, 2.05) is 30.9 Å². The van der Waals surface area contributed by atoms with Gasteiger partial charge in [-0.05, 0) is 30.4 Å². The summed E-state index contributed by atoms with van der Waals surface area (Å²) >= 11 is 5.94. The number of hydrogen-bond donors (Lipinski definition) is 0. The molecule has 0 N–H and O–H groups in total. The van der Waals surface area contributed by atoms with Gasteiger partial charge in [0, 0.05) is 34.3 Å². The fourth-order valence-corrected chi connectivity index (χ4v) is 2.27. The van der Waals surface area contributed by atoms with Crippen molar-refractivity contribution in [1.82, 2.24) is 15.0 Å². The zero-order chi connectivity index (χ0) is 13.8. The molecule has 1 atom stereocenters. The molecule has 0 aromatic carbocycles. The first-order valence-electron chi connectivity index (χ1n) is 6.44. The van der Waals surface area contributed by atoms with Crippen LogP contribution in [0.5, 0.6) is 0 Å². The summed E-state index contributed by atoms with van der Waals surface area (Å²) < 4.78 is 5.49. The Hall–Kier alpha value is -1.14. The summed E-state index contributed by atoms with van der Waals surface area (Å²) in [6, 6.07) is 0. The van der Waals surface area contributed by atoms with E-state index in [4.69, 9.17) is 16.3 Å². The van der Waals surface area contributed by atoms with Gasteiger partial charge < -0.3 is 14.5 Å². The summed E-state index contributed by atoms with van der Waals surface area (Å²) in [6.07, 6.45) is 2.31. The number of nitrogens with zero attached hydrogens (tertiary/aromatic N) is 5. The van der Waals surface area contributed by atoms with Gasteiger partial charge in [-0.25, -0.2) is 0 Å². The van der Waals surface area contributed by atoms with Crippen LogP contribution in [0.15, 0.2) is 0 Å². The van der Waals surface area contributed by atoms with Crippen LogP contribution in [0, 0.1) is 5.92 Å². The Balaban J connectivity index is 2.07. The molecular formula is C12H20ClN5O. The molecular weight excluding hydrogens is 266 g/mol. The van der Waals surface area contributed by atoms with Crippen molar-refractivity contribution in [3.8, 4) is 0 Å². The van der Waals surface area contributed by atoms with Gasteiger partial charge >= 0.3 is 0 Å². The van der Waals surface area contributed by atoms with Gasteiger partial charge in [0.25, 0.3) is 0 Å². The lowest BCUT2D eigenvalue weighted by Crippen LogP contribution is -2.32. The third kappa shape index (κ3) is 3.91. The second-order valence-corrected chi connectivity index (χ2v) is 5.40. The van der Waals surface area contributed by atoms with Crippen molar-refractivity contribution in [3.63, 3.8) is 0 Å². The van der Waals surface area contributed by atoms with E-state index >= 15 is 0 Å². The van der Waals surface area contributed by atoms with Crippen LogP contribution in [-0.2, 0) is 4.74 Å². The Morgan fingerprint density at radius 3 is 2.58 bits per heavy atom. The van der Waals surface area contributed by atoms with Gasteiger partial charge in [0.05, 0.1) is 6.61 Å². The normalized spacial score (nSPS) is 19.3. The highest BCUT2D eigenvalue weighted by Crippen LogP contribution is 2.19. The van der Waals surface area contributed by atoms with Gasteiger partial charge in [-0.2, -0.15) is 15.0 Å². The predicted octanol–water partition coefficient (Wildman–Crippen LogP) is 1.45. The Kier molecular flexibility index (Phi) is 4.76. The molecule has 1 aromatic rings. The van der Waals surface area contributed by atoms with Gasteiger partial charge in [0.15, 0.2) is 0 Å². The summed E-state index contributed by atoms with van der Waals surface area (Å²) in [5.74, 6) is 1.70. The van der Waals surface area contributed by atoms with Crippen molar-refractivity contribution < 1.29 is 4.74 Å². The van der Waals surface area contributed by atoms with Crippen LogP contribution in [0.25, 0.3) is 0 Å². The molecule has 106 valence electrons. The molecule has 1 saturated heterocycles. The molecule has 0 aliphatic carbocycles. The third-order valence-corrected chi connectivity index (χ3v) is 3.28. The first kappa shape index (κ1) is 14.3. The van der Waals surface area contributed by atoms with E-state index in [0.29, 0.717) is 17.8 Å². The summed E-state index contributed by atoms with van der Waals surface area (Å²) in [7, 11) is 5.73. The maximum atomic E-state index is 5.94. The van der Waals surface area contributed by atoms with Crippen LogP contribution in [0.1, 0.15) is 12.8 Å². The highest BCUT2D eigenvalue weighted by atomic mass is 35.5. The number of hydrogen-bond acceptors (Lipinski definition) is 6. The van der Waals surface area contributed by atoms with Crippen LogP contribution in [0.3, 0.4) is 0 Å². The number of anilines is 2. The zero-order valence-corrected chi connectivity index (χ0v) is 12.4. The van der Waals surface area contributed by atoms with Crippen molar-refractivity contribution in [2.24, 2.45) is 5.92 Å². The molecule has 0 radical (unpaired) electrons. The van der Waals surface area contributed by atoms with Crippen LogP contribution >= 0.6 is 11.6 Å². The van der Waals surface area contributed by atoms with Gasteiger partial charge in [0.1, 0.15) is 0 Å². The smallest absolute Gasteiger partial charge is 0.231 e. The lowest BCUT2D eigenvalue weighted by molar-refractivity contribution is 0.0575. The first-order valence-corrected chi connectivity index (χ1v) is 6.82. The molecule has 1 aliphatic heterocycles. The predicted molar refractivity (Wildman–Crippen MR) is 76.0 cm³/mol. The van der Waals surface area contributed by atoms with Crippen molar-refractivity contribution in [3.05, 3.63) is 5.28 Å². The largest absolute Gasteiger partial charge is 0.381 e. The molecule has 1 fully saturated rings. The molecule has 2 heterocycles. The van der Waals surface area contributed by atoms with E-state index in [0.717, 1.165) is 26.2 Å². The Labute approximate surface area is 118 Å². The molecule has 19 heavy (non-hydrogen) atoms. The monoisotopic (exact) mass is 285 g/mol. The number of aromatic nitrogens is 3. The summed E-state index contributed by atoms with van der Waals surface area (Å²) in [5, 5.41) is 0.223. The average Bonchev–Trinajstić information content (AvgIpc) is 2.39. The first-order chi connectivity index (χ1) is 9.06. The molecule has 0 bridgehead atoms. The van der Waals surface area contributed by atoms with Gasteiger partial charge in [-0.15, -0.1) is 0 Å². The molecule has 1 aromatic heterocycles. The van der Waals surface area contributed by atoms with Gasteiger partial charge in [-0.1, -0.05) is 0 Å². The van der Waals surface area contributed by atoms with Crippen molar-refractivity contribution in [1.29, 1.82) is 0 Å². The summed E-state index contributed by atoms with van der Waals surface area (Å²) in [4.78, 5) is 16.5. The zero-order valence-electron chi connectivity index (χ0n) is 11.6. The molecule has 0 saturated carbocycles. The fraction of sp³-hybridized carbons (Fsp3) is 0.750. The minimum atomic E-state index is 0.223. The third-order valence-electron chi connectivity index (χ3n) is 3.11. The van der Waals surface area contributed by atoms with E-state index in [1.165, 1.54) is 6.42 Å². The standard InChI is InChI=1S/C12H20ClN5O/c1-17(2)11-14-10(13)15-12(16-11)18(3)7-9-5-4-6-19-8-9/h9H,4-8H2,1-3H3. The van der Waals surface area contributed by atoms with Crippen molar-refractivity contribution in [2.45, 2.75) is 12.8 Å². The van der Waals surface area contributed by atoms with Crippen LogP contribution < -0.4 is 9.80 Å². The van der Waals surface area contributed by atoms with Crippen LogP contribution in [-0.4, -0.2) is 55.9 Å². The lowest BCUT2D eigenvalue weighted by atomic mass is 10.0. The summed E-state index contributed by atoms with van der Waals surface area (Å²) in [5.41, 5.74) is 0. The molecule has 1 unspecified atom stereocenters. The van der Waals surface area contributed by atoms with E-state index in [-0.39, 0.29) is 5.28 Å². The Bertz CT molecular complexity index is 423. The second-order valence-electron chi connectivity index (χ2n) is 5.06. The molecule has 7 heteroatoms.